The minimum Gasteiger partial charge on any atom is -0.494 e. The third kappa shape index (κ3) is 6.42. The molecule has 0 spiro atoms. The molecule has 124 valence electrons. The average Bonchev–Trinajstić information content (AvgIpc) is 2.55. The van der Waals surface area contributed by atoms with E-state index >= 15 is 0 Å². The summed E-state index contributed by atoms with van der Waals surface area (Å²) in [5.74, 6) is 3.01. The molecule has 0 saturated heterocycles. The van der Waals surface area contributed by atoms with E-state index in [1.54, 1.807) is 0 Å². The first-order chi connectivity index (χ1) is 10.8. The van der Waals surface area contributed by atoms with Gasteiger partial charge in [0.15, 0.2) is 0 Å². The molecule has 1 nitrogen and oxygen atoms in total. The molecule has 0 aliphatic heterocycles. The minimum atomic E-state index is 0.874. The number of unbranched alkanes of at least 4 members (excludes halogenated alkanes) is 2. The van der Waals surface area contributed by atoms with E-state index in [4.69, 9.17) is 4.74 Å². The highest BCUT2D eigenvalue weighted by molar-refractivity contribution is 5.26. The van der Waals surface area contributed by atoms with Gasteiger partial charge in [-0.25, -0.2) is 0 Å². The van der Waals surface area contributed by atoms with Crippen molar-refractivity contribution in [1.82, 2.24) is 0 Å². The Morgan fingerprint density at radius 1 is 0.864 bits per heavy atom. The zero-order valence-corrected chi connectivity index (χ0v) is 14.7. The predicted molar refractivity (Wildman–Crippen MR) is 95.5 cm³/mol. The van der Waals surface area contributed by atoms with Crippen molar-refractivity contribution < 1.29 is 4.74 Å². The molecule has 0 aromatic heterocycles. The van der Waals surface area contributed by atoms with E-state index in [1.165, 1.54) is 69.8 Å². The molecule has 1 fully saturated rings. The molecule has 2 rings (SSSR count). The standard InChI is InChI=1S/C21H34O/c1-3-4-5-7-19-11-13-20(14-12-19)8-6-17-22-21-15-9-18(2)10-16-21/h9-10,15-16,19-20H,3-8,11-14,17H2,1-2H3/t19-,20-. The number of aryl methyl sites for hydroxylation is 1. The van der Waals surface area contributed by atoms with E-state index in [2.05, 4.69) is 38.1 Å². The summed E-state index contributed by atoms with van der Waals surface area (Å²) in [5.41, 5.74) is 1.29. The van der Waals surface area contributed by atoms with E-state index < -0.39 is 0 Å². The van der Waals surface area contributed by atoms with Gasteiger partial charge in [-0.15, -0.1) is 0 Å². The van der Waals surface area contributed by atoms with E-state index in [9.17, 15) is 0 Å². The fraction of sp³-hybridized carbons (Fsp3) is 0.714. The van der Waals surface area contributed by atoms with Gasteiger partial charge in [0.05, 0.1) is 6.61 Å². The highest BCUT2D eigenvalue weighted by atomic mass is 16.5. The number of hydrogen-bond donors (Lipinski definition) is 0. The molecule has 0 heterocycles. The Kier molecular flexibility index (Phi) is 7.83. The summed E-state index contributed by atoms with van der Waals surface area (Å²) in [6.07, 6.45) is 14.2. The lowest BCUT2D eigenvalue weighted by Crippen LogP contribution is -2.15. The molecule has 0 N–H and O–H groups in total. The molecule has 0 radical (unpaired) electrons. The second-order valence-corrected chi connectivity index (χ2v) is 7.19. The Balaban J connectivity index is 1.52. The van der Waals surface area contributed by atoms with Gasteiger partial charge < -0.3 is 4.74 Å². The van der Waals surface area contributed by atoms with Crippen LogP contribution in [0.3, 0.4) is 0 Å². The van der Waals surface area contributed by atoms with Crippen molar-refractivity contribution in [3.8, 4) is 5.75 Å². The van der Waals surface area contributed by atoms with Crippen LogP contribution in [-0.2, 0) is 0 Å². The number of benzene rings is 1. The Bertz CT molecular complexity index is 387. The maximum absolute atomic E-state index is 5.84. The average molecular weight is 303 g/mol. The van der Waals surface area contributed by atoms with Gasteiger partial charge >= 0.3 is 0 Å². The molecular weight excluding hydrogens is 268 g/mol. The summed E-state index contributed by atoms with van der Waals surface area (Å²) < 4.78 is 5.84. The first kappa shape index (κ1) is 17.4. The zero-order chi connectivity index (χ0) is 15.6. The minimum absolute atomic E-state index is 0.874. The maximum Gasteiger partial charge on any atom is 0.119 e. The van der Waals surface area contributed by atoms with Crippen molar-refractivity contribution in [3.63, 3.8) is 0 Å². The molecular formula is C21H34O. The van der Waals surface area contributed by atoms with Crippen molar-refractivity contribution in [2.75, 3.05) is 6.61 Å². The quantitative estimate of drug-likeness (QED) is 0.470. The molecule has 0 bridgehead atoms. The zero-order valence-electron chi connectivity index (χ0n) is 14.7. The van der Waals surface area contributed by atoms with Gasteiger partial charge in [-0.05, 0) is 43.7 Å². The Morgan fingerprint density at radius 3 is 2.05 bits per heavy atom. The molecule has 1 aliphatic rings. The highest BCUT2D eigenvalue weighted by Gasteiger charge is 2.20. The molecule has 1 aromatic carbocycles. The first-order valence-electron chi connectivity index (χ1n) is 9.47. The van der Waals surface area contributed by atoms with Crippen molar-refractivity contribution in [2.45, 2.75) is 78.1 Å². The topological polar surface area (TPSA) is 9.23 Å². The summed E-state index contributed by atoms with van der Waals surface area (Å²) in [6, 6.07) is 8.40. The second kappa shape index (κ2) is 9.92. The molecule has 1 heteroatoms. The van der Waals surface area contributed by atoms with Gasteiger partial charge in [0, 0.05) is 0 Å². The Morgan fingerprint density at radius 2 is 1.45 bits per heavy atom. The maximum atomic E-state index is 5.84. The normalized spacial score (nSPS) is 21.7. The van der Waals surface area contributed by atoms with Crippen LogP contribution in [0, 0.1) is 18.8 Å². The van der Waals surface area contributed by atoms with Crippen molar-refractivity contribution >= 4 is 0 Å². The van der Waals surface area contributed by atoms with Crippen LogP contribution in [0.15, 0.2) is 24.3 Å². The summed E-state index contributed by atoms with van der Waals surface area (Å²) in [6.45, 7) is 5.29. The summed E-state index contributed by atoms with van der Waals surface area (Å²) in [4.78, 5) is 0. The summed E-state index contributed by atoms with van der Waals surface area (Å²) >= 11 is 0. The van der Waals surface area contributed by atoms with Crippen LogP contribution in [0.25, 0.3) is 0 Å². The van der Waals surface area contributed by atoms with Crippen LogP contribution >= 0.6 is 0 Å². The van der Waals surface area contributed by atoms with Gasteiger partial charge in [0.2, 0.25) is 0 Å². The van der Waals surface area contributed by atoms with Crippen molar-refractivity contribution in [2.24, 2.45) is 11.8 Å². The van der Waals surface area contributed by atoms with Crippen LogP contribution in [0.5, 0.6) is 5.75 Å². The number of hydrogen-bond acceptors (Lipinski definition) is 1. The Labute approximate surface area is 137 Å². The first-order valence-corrected chi connectivity index (χ1v) is 9.47. The van der Waals surface area contributed by atoms with Crippen LogP contribution in [0.2, 0.25) is 0 Å². The van der Waals surface area contributed by atoms with Gasteiger partial charge in [0.25, 0.3) is 0 Å². The smallest absolute Gasteiger partial charge is 0.119 e. The molecule has 1 aliphatic carbocycles. The lowest BCUT2D eigenvalue weighted by Gasteiger charge is -2.28. The van der Waals surface area contributed by atoms with Crippen molar-refractivity contribution in [1.29, 1.82) is 0 Å². The van der Waals surface area contributed by atoms with Gasteiger partial charge in [-0.2, -0.15) is 0 Å². The third-order valence-electron chi connectivity index (χ3n) is 5.23. The van der Waals surface area contributed by atoms with Crippen molar-refractivity contribution in [3.05, 3.63) is 29.8 Å². The van der Waals surface area contributed by atoms with Gasteiger partial charge in [0.1, 0.15) is 5.75 Å². The van der Waals surface area contributed by atoms with Crippen LogP contribution in [-0.4, -0.2) is 6.61 Å². The Hall–Kier alpha value is -0.980. The fourth-order valence-corrected chi connectivity index (χ4v) is 3.69. The molecule has 0 amide bonds. The molecule has 22 heavy (non-hydrogen) atoms. The second-order valence-electron chi connectivity index (χ2n) is 7.19. The third-order valence-corrected chi connectivity index (χ3v) is 5.23. The summed E-state index contributed by atoms with van der Waals surface area (Å²) in [5, 5.41) is 0. The van der Waals surface area contributed by atoms with Crippen LogP contribution < -0.4 is 4.74 Å². The number of ether oxygens (including phenoxy) is 1. The number of rotatable bonds is 9. The lowest BCUT2D eigenvalue weighted by molar-refractivity contribution is 0.228. The van der Waals surface area contributed by atoms with E-state index in [-0.39, 0.29) is 0 Å². The van der Waals surface area contributed by atoms with E-state index in [0.717, 1.165) is 24.2 Å². The van der Waals surface area contributed by atoms with Crippen LogP contribution in [0.1, 0.15) is 76.7 Å². The summed E-state index contributed by atoms with van der Waals surface area (Å²) in [7, 11) is 0. The highest BCUT2D eigenvalue weighted by Crippen LogP contribution is 2.34. The van der Waals surface area contributed by atoms with Gasteiger partial charge in [-0.1, -0.05) is 76.0 Å². The molecule has 0 unspecified atom stereocenters. The molecule has 1 aromatic rings. The SMILES string of the molecule is CCCCC[C@H]1CC[C@H](CCCOc2ccc(C)cc2)CC1. The lowest BCUT2D eigenvalue weighted by atomic mass is 9.78. The monoisotopic (exact) mass is 302 g/mol. The predicted octanol–water partition coefficient (Wildman–Crippen LogP) is 6.54. The fourth-order valence-electron chi connectivity index (χ4n) is 3.69. The van der Waals surface area contributed by atoms with E-state index in [0.29, 0.717) is 0 Å². The van der Waals surface area contributed by atoms with Crippen LogP contribution in [0.4, 0.5) is 0 Å². The van der Waals surface area contributed by atoms with Gasteiger partial charge in [-0.3, -0.25) is 0 Å². The largest absolute Gasteiger partial charge is 0.494 e. The molecule has 0 atom stereocenters. The molecule has 1 saturated carbocycles. The van der Waals surface area contributed by atoms with E-state index in [1.807, 2.05) is 0 Å².